The molecule has 0 aliphatic heterocycles. The maximum atomic E-state index is 8.69. The van der Waals surface area contributed by atoms with Gasteiger partial charge in [-0.2, -0.15) is 0 Å². The van der Waals surface area contributed by atoms with Crippen LogP contribution in [0.15, 0.2) is 0 Å². The number of hydrogen-bond donors (Lipinski definition) is 4. The van der Waals surface area contributed by atoms with E-state index in [1.165, 1.54) is 0 Å². The minimum atomic E-state index is -5.36. The summed E-state index contributed by atoms with van der Waals surface area (Å²) in [5.74, 6) is 0. The molecule has 0 unspecified atom stereocenters. The van der Waals surface area contributed by atoms with Crippen LogP contribution in [-0.2, 0) is 0 Å². The molecule has 0 saturated heterocycles. The van der Waals surface area contributed by atoms with E-state index in [0.717, 1.165) is 0 Å². The summed E-state index contributed by atoms with van der Waals surface area (Å²) in [5, 5.41) is 0. The molecule has 0 atom stereocenters. The van der Waals surface area contributed by atoms with Crippen LogP contribution < -0.4 is 57.5 Å². The molecule has 28 heavy (non-hydrogen) atoms. The Bertz CT molecular complexity index is 146. The fourth-order valence-electron chi connectivity index (χ4n) is 0. The molecule has 0 aliphatic carbocycles. The van der Waals surface area contributed by atoms with Crippen LogP contribution in [0.25, 0.3) is 0 Å². The van der Waals surface area contributed by atoms with E-state index >= 15 is 0 Å². The molecule has 0 aromatic carbocycles. The van der Waals surface area contributed by atoms with Crippen LogP contribution >= 0.6 is 0 Å². The second-order valence-electron chi connectivity index (χ2n) is 2.10. The fourth-order valence-corrected chi connectivity index (χ4v) is 0. The summed E-state index contributed by atoms with van der Waals surface area (Å²) in [6.07, 6.45) is 0. The van der Waals surface area contributed by atoms with Crippen molar-refractivity contribution >= 4 is 175 Å². The molecule has 0 aromatic heterocycles. The van der Waals surface area contributed by atoms with Gasteiger partial charge in [-0.25, -0.2) is 0 Å². The van der Waals surface area contributed by atoms with Gasteiger partial charge < -0.3 is 87.7 Å². The summed E-state index contributed by atoms with van der Waals surface area (Å²) in [5.41, 5.74) is 0. The summed E-state index contributed by atoms with van der Waals surface area (Å²) in [6.45, 7) is 0. The zero-order chi connectivity index (χ0) is 18.0. The summed E-state index contributed by atoms with van der Waals surface area (Å²) in [7, 11) is -21.4. The molecule has 0 fully saturated rings. The Morgan fingerprint density at radius 2 is 0.286 bits per heavy atom. The molecule has 8 N–H and O–H groups in total. The molecule has 0 saturated carbocycles. The third-order valence-corrected chi connectivity index (χ3v) is 0. The van der Waals surface area contributed by atoms with Gasteiger partial charge in [-0.1, -0.05) is 0 Å². The van der Waals surface area contributed by atoms with Gasteiger partial charge in [0.2, 0.25) is 0 Å². The molecule has 0 aliphatic rings. The van der Waals surface area contributed by atoms with Crippen molar-refractivity contribution in [3.05, 3.63) is 0 Å². The first-order valence-electron chi connectivity index (χ1n) is 3.34. The fraction of sp³-hybridized carbons (Fsp3) is 0. The maximum Gasteiger partial charge on any atom is 2.00 e. The van der Waals surface area contributed by atoms with Gasteiger partial charge in [0.25, 0.3) is 0 Å². The van der Waals surface area contributed by atoms with E-state index in [0.29, 0.717) is 0 Å². The standard InChI is InChI=1S/6Mg.4HO4Si.2H2O/c;;;;;;4*1-5(2,3)4;;/h;;;;;;4*1H;2*1H2/q6*+2;4*-3;;. The van der Waals surface area contributed by atoms with E-state index in [-0.39, 0.29) is 149 Å². The second kappa shape index (κ2) is 36.3. The minimum absolute atomic E-state index is 0. The van der Waals surface area contributed by atoms with Gasteiger partial charge in [0.05, 0.1) is 0 Å². The van der Waals surface area contributed by atoms with E-state index in [1.807, 2.05) is 0 Å². The minimum Gasteiger partial charge on any atom is -0.861 e. The van der Waals surface area contributed by atoms with Gasteiger partial charge in [0.15, 0.2) is 0 Å². The van der Waals surface area contributed by atoms with Crippen molar-refractivity contribution in [3.8, 4) is 0 Å². The van der Waals surface area contributed by atoms with Gasteiger partial charge in [-0.15, -0.1) is 36.2 Å². The Labute approximate surface area is 258 Å². The van der Waals surface area contributed by atoms with Gasteiger partial charge in [0.1, 0.15) is 0 Å². The zero-order valence-electron chi connectivity index (χ0n) is 13.9. The molecule has 144 valence electrons. The molecule has 0 rings (SSSR count). The second-order valence-corrected chi connectivity index (χ2v) is 6.29. The Hall–Kier alpha value is 4.74. The van der Waals surface area contributed by atoms with Crippen LogP contribution in [0.2, 0.25) is 0 Å². The SMILES string of the molecule is O.O.[Mg+2].[Mg+2].[Mg+2].[Mg+2].[Mg+2].[Mg+2].[O-][Si]([O-])([O-])O.[O-][Si]([O-])([O-])O.[O-][Si]([O-])([O-])O.[O-][Si]([O-])([O-])O. The van der Waals surface area contributed by atoms with Crippen molar-refractivity contribution in [2.45, 2.75) is 0 Å². The van der Waals surface area contributed by atoms with Crippen LogP contribution in [-0.4, -0.2) is 205 Å². The molecule has 0 bridgehead atoms. The first kappa shape index (κ1) is 76.7. The van der Waals surface area contributed by atoms with Crippen LogP contribution in [0, 0.1) is 0 Å². The molecule has 28 heteroatoms. The average molecular weight is 554 g/mol. The monoisotopic (exact) mass is 552 g/mol. The van der Waals surface area contributed by atoms with Crippen LogP contribution in [0.1, 0.15) is 0 Å². The number of rotatable bonds is 0. The van der Waals surface area contributed by atoms with E-state index < -0.39 is 36.2 Å². The molecular weight excluding hydrogens is 546 g/mol. The van der Waals surface area contributed by atoms with E-state index in [1.54, 1.807) is 0 Å². The van der Waals surface area contributed by atoms with Crippen LogP contribution in [0.5, 0.6) is 0 Å². The summed E-state index contributed by atoms with van der Waals surface area (Å²) in [4.78, 5) is 132. The predicted molar refractivity (Wildman–Crippen MR) is 73.6 cm³/mol. The van der Waals surface area contributed by atoms with Crippen molar-refractivity contribution in [1.82, 2.24) is 0 Å². The maximum absolute atomic E-state index is 8.69. The third-order valence-electron chi connectivity index (χ3n) is 0. The van der Waals surface area contributed by atoms with E-state index in [2.05, 4.69) is 0 Å². The van der Waals surface area contributed by atoms with E-state index in [9.17, 15) is 0 Å². The Morgan fingerprint density at radius 3 is 0.286 bits per heavy atom. The summed E-state index contributed by atoms with van der Waals surface area (Å²) < 4.78 is 0. The van der Waals surface area contributed by atoms with Crippen molar-refractivity contribution in [2.24, 2.45) is 0 Å². The molecule has 0 aromatic rings. The third kappa shape index (κ3) is 1210. The smallest absolute Gasteiger partial charge is 0.861 e. The zero-order valence-corrected chi connectivity index (χ0v) is 26.4. The Morgan fingerprint density at radius 1 is 0.286 bits per heavy atom. The molecule has 0 radical (unpaired) electrons. The largest absolute Gasteiger partial charge is 2.00 e. The number of hydrogen-bond acceptors (Lipinski definition) is 16. The Kier molecular flexibility index (Phi) is 99.5. The van der Waals surface area contributed by atoms with Crippen molar-refractivity contribution in [2.75, 3.05) is 0 Å². The van der Waals surface area contributed by atoms with Gasteiger partial charge in [-0.3, -0.25) is 0 Å². The molecule has 0 heterocycles. The summed E-state index contributed by atoms with van der Waals surface area (Å²) >= 11 is 0. The van der Waals surface area contributed by atoms with Gasteiger partial charge >= 0.3 is 138 Å². The molecule has 0 amide bonds. The average Bonchev–Trinajstić information content (AvgIpc) is 1.62. The first-order chi connectivity index (χ1) is 8.00. The molecular formula is H8Mg6O18Si4. The molecule has 0 spiro atoms. The molecule has 18 nitrogen and oxygen atoms in total. The quantitative estimate of drug-likeness (QED) is 0.202. The topological polar surface area (TPSA) is 421 Å². The predicted octanol–water partition coefficient (Wildman–Crippen LogP) is -22.0. The van der Waals surface area contributed by atoms with Gasteiger partial charge in [-0.05, 0) is 0 Å². The Balaban J connectivity index is -0.0000000111. The van der Waals surface area contributed by atoms with Crippen LogP contribution in [0.3, 0.4) is 0 Å². The van der Waals surface area contributed by atoms with Crippen LogP contribution in [0.4, 0.5) is 0 Å². The van der Waals surface area contributed by atoms with Crippen molar-refractivity contribution < 1.29 is 87.7 Å². The summed E-state index contributed by atoms with van der Waals surface area (Å²) in [6, 6.07) is 0. The van der Waals surface area contributed by atoms with Crippen molar-refractivity contribution in [1.29, 1.82) is 0 Å². The van der Waals surface area contributed by atoms with E-state index in [4.69, 9.17) is 76.7 Å². The normalized spacial score (nSPS) is 8.57. The van der Waals surface area contributed by atoms with Gasteiger partial charge in [0, 0.05) is 0 Å². The first-order valence-corrected chi connectivity index (χ1v) is 10.0. The van der Waals surface area contributed by atoms with Crippen molar-refractivity contribution in [3.63, 3.8) is 0 Å².